The van der Waals surface area contributed by atoms with Gasteiger partial charge in [-0.3, -0.25) is 15.0 Å². The molecule has 1 aromatic carbocycles. The van der Waals surface area contributed by atoms with Crippen LogP contribution in [-0.4, -0.2) is 47.7 Å². The van der Waals surface area contributed by atoms with Crippen molar-refractivity contribution < 1.29 is 14.7 Å². The number of hydrogen-bond acceptors (Lipinski definition) is 4. The number of rotatable bonds is 3. The number of benzene rings is 1. The summed E-state index contributed by atoms with van der Waals surface area (Å²) in [6.07, 6.45) is 1.07. The minimum absolute atomic E-state index is 0.174. The molecule has 0 bridgehead atoms. The van der Waals surface area contributed by atoms with Crippen molar-refractivity contribution >= 4 is 17.6 Å². The fourth-order valence-corrected chi connectivity index (χ4v) is 2.55. The molecule has 1 aliphatic heterocycles. The third-order valence-corrected chi connectivity index (χ3v) is 3.81. The van der Waals surface area contributed by atoms with E-state index in [1.54, 1.807) is 0 Å². The monoisotopic (exact) mass is 305 g/mol. The summed E-state index contributed by atoms with van der Waals surface area (Å²) in [4.78, 5) is 25.6. The van der Waals surface area contributed by atoms with E-state index in [4.69, 9.17) is 0 Å². The van der Waals surface area contributed by atoms with Gasteiger partial charge in [-0.15, -0.1) is 0 Å². The van der Waals surface area contributed by atoms with Crippen molar-refractivity contribution in [1.82, 2.24) is 10.2 Å². The molecule has 22 heavy (non-hydrogen) atoms. The molecule has 0 radical (unpaired) electrons. The average Bonchev–Trinajstić information content (AvgIpc) is 2.44. The molecular formula is C16H23N3O3. The number of aliphatic hydroxyl groups excluding tert-OH is 1. The maximum Gasteiger partial charge on any atom is 0.325 e. The molecule has 1 saturated heterocycles. The van der Waals surface area contributed by atoms with Gasteiger partial charge in [0.05, 0.1) is 12.6 Å². The quantitative estimate of drug-likeness (QED) is 0.788. The summed E-state index contributed by atoms with van der Waals surface area (Å²) in [7, 11) is 0. The van der Waals surface area contributed by atoms with Crippen molar-refractivity contribution in [2.75, 3.05) is 25.0 Å². The Hall–Kier alpha value is -1.92. The highest BCUT2D eigenvalue weighted by Gasteiger charge is 2.19. The fraction of sp³-hybridized carbons (Fsp3) is 0.500. The van der Waals surface area contributed by atoms with Gasteiger partial charge in [-0.1, -0.05) is 17.7 Å². The molecule has 6 heteroatoms. The van der Waals surface area contributed by atoms with E-state index in [1.165, 1.54) is 0 Å². The highest BCUT2D eigenvalue weighted by atomic mass is 16.3. The third-order valence-electron chi connectivity index (χ3n) is 3.81. The van der Waals surface area contributed by atoms with Crippen molar-refractivity contribution in [3.63, 3.8) is 0 Å². The second-order valence-corrected chi connectivity index (χ2v) is 5.83. The van der Waals surface area contributed by atoms with Gasteiger partial charge in [0.15, 0.2) is 0 Å². The van der Waals surface area contributed by atoms with Crippen LogP contribution in [0.25, 0.3) is 0 Å². The van der Waals surface area contributed by atoms with Crippen molar-refractivity contribution in [3.05, 3.63) is 29.3 Å². The van der Waals surface area contributed by atoms with E-state index in [0.717, 1.165) is 11.1 Å². The Morgan fingerprint density at radius 3 is 2.59 bits per heavy atom. The molecule has 0 aromatic heterocycles. The number of nitrogens with one attached hydrogen (secondary N) is 2. The van der Waals surface area contributed by atoms with Gasteiger partial charge in [-0.05, 0) is 38.3 Å². The Morgan fingerprint density at radius 2 is 1.95 bits per heavy atom. The summed E-state index contributed by atoms with van der Waals surface area (Å²) in [5.41, 5.74) is 2.76. The molecule has 1 aromatic rings. The number of carbonyl (C=O) groups is 2. The van der Waals surface area contributed by atoms with Crippen LogP contribution in [0.1, 0.15) is 24.0 Å². The lowest BCUT2D eigenvalue weighted by molar-refractivity contribution is -0.121. The topological polar surface area (TPSA) is 81.7 Å². The Labute approximate surface area is 130 Å². The number of likely N-dealkylation sites (tertiary alicyclic amines) is 1. The predicted octanol–water partition coefficient (Wildman–Crippen LogP) is 1.41. The first-order chi connectivity index (χ1) is 10.4. The number of aliphatic hydroxyl groups is 1. The molecule has 6 nitrogen and oxygen atoms in total. The molecule has 0 aliphatic carbocycles. The zero-order valence-corrected chi connectivity index (χ0v) is 13.1. The molecule has 0 atom stereocenters. The highest BCUT2D eigenvalue weighted by molar-refractivity contribution is 6.02. The van der Waals surface area contributed by atoms with Gasteiger partial charge >= 0.3 is 6.03 Å². The fourth-order valence-electron chi connectivity index (χ4n) is 2.55. The molecule has 120 valence electrons. The Kier molecular flexibility index (Phi) is 5.51. The number of nitrogens with zero attached hydrogens (tertiary/aromatic N) is 1. The largest absolute Gasteiger partial charge is 0.393 e. The zero-order chi connectivity index (χ0) is 16.1. The number of imide groups is 1. The summed E-state index contributed by atoms with van der Waals surface area (Å²) in [5, 5.41) is 14.4. The van der Waals surface area contributed by atoms with Crippen molar-refractivity contribution in [2.45, 2.75) is 32.8 Å². The summed E-state index contributed by atoms with van der Waals surface area (Å²) in [5.74, 6) is -0.335. The molecule has 0 unspecified atom stereocenters. The Balaban J connectivity index is 1.80. The Bertz CT molecular complexity index is 552. The van der Waals surface area contributed by atoms with E-state index < -0.39 is 6.03 Å². The van der Waals surface area contributed by atoms with Crippen LogP contribution in [0.2, 0.25) is 0 Å². The first-order valence-corrected chi connectivity index (χ1v) is 7.52. The molecule has 1 heterocycles. The van der Waals surface area contributed by atoms with E-state index in [1.807, 2.05) is 36.9 Å². The first kappa shape index (κ1) is 16.5. The second kappa shape index (κ2) is 7.38. The minimum atomic E-state index is -0.519. The number of amides is 3. The number of anilines is 1. The van der Waals surface area contributed by atoms with Crippen LogP contribution in [0.5, 0.6) is 0 Å². The van der Waals surface area contributed by atoms with Crippen LogP contribution in [0.15, 0.2) is 18.2 Å². The molecule has 3 amide bonds. The average molecular weight is 305 g/mol. The van der Waals surface area contributed by atoms with Gasteiger partial charge in [-0.25, -0.2) is 4.79 Å². The summed E-state index contributed by atoms with van der Waals surface area (Å²) in [6, 6.07) is 5.18. The number of piperidine rings is 1. The van der Waals surface area contributed by atoms with Crippen LogP contribution >= 0.6 is 0 Å². The number of hydrogen-bond donors (Lipinski definition) is 3. The van der Waals surface area contributed by atoms with Gasteiger partial charge in [-0.2, -0.15) is 0 Å². The number of aryl methyl sites for hydroxylation is 2. The number of carbonyl (C=O) groups excluding carboxylic acids is 2. The molecule has 1 fully saturated rings. The van der Waals surface area contributed by atoms with Gasteiger partial charge in [0.2, 0.25) is 5.91 Å². The zero-order valence-electron chi connectivity index (χ0n) is 13.1. The van der Waals surface area contributed by atoms with E-state index in [9.17, 15) is 14.7 Å². The maximum absolute atomic E-state index is 11.9. The van der Waals surface area contributed by atoms with Gasteiger partial charge < -0.3 is 10.4 Å². The molecule has 0 saturated carbocycles. The van der Waals surface area contributed by atoms with Crippen molar-refractivity contribution in [1.29, 1.82) is 0 Å². The second-order valence-electron chi connectivity index (χ2n) is 5.83. The lowest BCUT2D eigenvalue weighted by Crippen LogP contribution is -2.45. The van der Waals surface area contributed by atoms with E-state index >= 15 is 0 Å². The molecule has 1 aliphatic rings. The highest BCUT2D eigenvalue weighted by Crippen LogP contribution is 2.15. The predicted molar refractivity (Wildman–Crippen MR) is 84.8 cm³/mol. The van der Waals surface area contributed by atoms with Gasteiger partial charge in [0.1, 0.15) is 0 Å². The molecule has 0 spiro atoms. The van der Waals surface area contributed by atoms with Crippen LogP contribution < -0.4 is 10.6 Å². The minimum Gasteiger partial charge on any atom is -0.393 e. The van der Waals surface area contributed by atoms with Gasteiger partial charge in [0.25, 0.3) is 0 Å². The van der Waals surface area contributed by atoms with Crippen LogP contribution in [0.4, 0.5) is 10.5 Å². The maximum atomic E-state index is 11.9. The van der Waals surface area contributed by atoms with Gasteiger partial charge in [0, 0.05) is 18.8 Å². The lowest BCUT2D eigenvalue weighted by Gasteiger charge is -2.28. The van der Waals surface area contributed by atoms with Crippen molar-refractivity contribution in [2.24, 2.45) is 0 Å². The van der Waals surface area contributed by atoms with Crippen molar-refractivity contribution in [3.8, 4) is 0 Å². The number of urea groups is 1. The lowest BCUT2D eigenvalue weighted by atomic mass is 10.1. The molecule has 3 N–H and O–H groups in total. The standard InChI is InChI=1S/C16H23N3O3/c1-11-3-4-14(12(2)9-11)17-16(22)18-15(21)10-19-7-5-13(20)6-8-19/h3-4,9,13,20H,5-8,10H2,1-2H3,(H2,17,18,21,22). The van der Waals surface area contributed by atoms with Crippen LogP contribution in [0, 0.1) is 13.8 Å². The summed E-state index contributed by atoms with van der Waals surface area (Å²) >= 11 is 0. The summed E-state index contributed by atoms with van der Waals surface area (Å²) in [6.45, 7) is 5.41. The summed E-state index contributed by atoms with van der Waals surface area (Å²) < 4.78 is 0. The SMILES string of the molecule is Cc1ccc(NC(=O)NC(=O)CN2CCC(O)CC2)c(C)c1. The van der Waals surface area contributed by atoms with Crippen LogP contribution in [0.3, 0.4) is 0 Å². The first-order valence-electron chi connectivity index (χ1n) is 7.52. The van der Waals surface area contributed by atoms with E-state index in [0.29, 0.717) is 31.6 Å². The molecular weight excluding hydrogens is 282 g/mol. The normalized spacial score (nSPS) is 16.3. The smallest absolute Gasteiger partial charge is 0.325 e. The van der Waals surface area contributed by atoms with Crippen LogP contribution in [-0.2, 0) is 4.79 Å². The molecule has 2 rings (SSSR count). The van der Waals surface area contributed by atoms with E-state index in [-0.39, 0.29) is 18.6 Å². The van der Waals surface area contributed by atoms with E-state index in [2.05, 4.69) is 10.6 Å². The third kappa shape index (κ3) is 4.82. The Morgan fingerprint density at radius 1 is 1.27 bits per heavy atom.